The number of hydrogen-bond donors (Lipinski definition) is 1. The molecule has 2 aromatic carbocycles. The molecule has 0 aliphatic rings. The Hall–Kier alpha value is -2.82. The molecule has 2 aromatic rings. The molecule has 1 N–H and O–H groups in total. The first kappa shape index (κ1) is 16.5. The van der Waals surface area contributed by atoms with Crippen LogP contribution in [0, 0.1) is 0 Å². The largest absolute Gasteiger partial charge is 0.482 e. The van der Waals surface area contributed by atoms with Crippen molar-refractivity contribution in [3.63, 3.8) is 0 Å². The smallest absolute Gasteiger partial charge is 0.344 e. The van der Waals surface area contributed by atoms with Crippen LogP contribution >= 0.6 is 0 Å². The van der Waals surface area contributed by atoms with E-state index in [2.05, 4.69) is 5.32 Å². The second-order valence-electron chi connectivity index (χ2n) is 4.94. The van der Waals surface area contributed by atoms with Gasteiger partial charge in [0.1, 0.15) is 5.75 Å². The molecule has 0 aliphatic carbocycles. The van der Waals surface area contributed by atoms with Gasteiger partial charge in [-0.25, -0.2) is 4.79 Å². The third-order valence-corrected chi connectivity index (χ3v) is 3.09. The summed E-state index contributed by atoms with van der Waals surface area (Å²) in [6.45, 7) is 1.68. The number of esters is 1. The van der Waals surface area contributed by atoms with Crippen LogP contribution in [0.2, 0.25) is 0 Å². The van der Waals surface area contributed by atoms with Crippen molar-refractivity contribution in [1.29, 1.82) is 0 Å². The van der Waals surface area contributed by atoms with Gasteiger partial charge < -0.3 is 14.8 Å². The van der Waals surface area contributed by atoms with Crippen molar-refractivity contribution in [3.8, 4) is 5.75 Å². The van der Waals surface area contributed by atoms with E-state index in [4.69, 9.17) is 9.47 Å². The van der Waals surface area contributed by atoms with Crippen LogP contribution in [-0.4, -0.2) is 24.6 Å². The van der Waals surface area contributed by atoms with Gasteiger partial charge in [0.2, 0.25) is 0 Å². The summed E-state index contributed by atoms with van der Waals surface area (Å²) in [6.07, 6.45) is -0.870. The first-order valence-electron chi connectivity index (χ1n) is 7.34. The summed E-state index contributed by atoms with van der Waals surface area (Å²) >= 11 is 0. The second-order valence-corrected chi connectivity index (χ2v) is 4.94. The molecule has 1 amide bonds. The van der Waals surface area contributed by atoms with Gasteiger partial charge in [0.15, 0.2) is 12.7 Å². The van der Waals surface area contributed by atoms with Gasteiger partial charge in [-0.15, -0.1) is 0 Å². The molecule has 5 heteroatoms. The summed E-state index contributed by atoms with van der Waals surface area (Å²) in [5, 5.41) is 2.72. The van der Waals surface area contributed by atoms with Gasteiger partial charge in [-0.2, -0.15) is 0 Å². The van der Waals surface area contributed by atoms with Crippen LogP contribution in [0.15, 0.2) is 60.7 Å². The summed E-state index contributed by atoms with van der Waals surface area (Å²) < 4.78 is 10.3. The molecular weight excluding hydrogens is 294 g/mol. The van der Waals surface area contributed by atoms with Crippen LogP contribution in [-0.2, 0) is 20.9 Å². The molecule has 23 heavy (non-hydrogen) atoms. The number of para-hydroxylation sites is 1. The van der Waals surface area contributed by atoms with E-state index in [1.165, 1.54) is 6.92 Å². The van der Waals surface area contributed by atoms with Crippen molar-refractivity contribution in [1.82, 2.24) is 5.32 Å². The van der Waals surface area contributed by atoms with E-state index in [0.717, 1.165) is 5.56 Å². The highest BCUT2D eigenvalue weighted by molar-refractivity contribution is 5.83. The highest BCUT2D eigenvalue weighted by atomic mass is 16.6. The number of ether oxygens (including phenoxy) is 2. The van der Waals surface area contributed by atoms with Gasteiger partial charge in [0.05, 0.1) is 0 Å². The monoisotopic (exact) mass is 313 g/mol. The minimum Gasteiger partial charge on any atom is -0.482 e. The number of carbonyl (C=O) groups excluding carboxylic acids is 2. The van der Waals surface area contributed by atoms with Gasteiger partial charge in [-0.3, -0.25) is 4.79 Å². The topological polar surface area (TPSA) is 64.6 Å². The Balaban J connectivity index is 1.71. The minimum atomic E-state index is -0.870. The minimum absolute atomic E-state index is 0.236. The molecule has 0 saturated carbocycles. The van der Waals surface area contributed by atoms with Gasteiger partial charge in [0, 0.05) is 6.54 Å². The molecule has 0 bridgehead atoms. The predicted molar refractivity (Wildman–Crippen MR) is 85.8 cm³/mol. The molecule has 2 rings (SSSR count). The van der Waals surface area contributed by atoms with Crippen LogP contribution in [0.25, 0.3) is 0 Å². The van der Waals surface area contributed by atoms with E-state index in [0.29, 0.717) is 12.3 Å². The Kier molecular flexibility index (Phi) is 6.17. The zero-order valence-corrected chi connectivity index (χ0v) is 12.9. The highest BCUT2D eigenvalue weighted by Gasteiger charge is 2.17. The maximum absolute atomic E-state index is 11.9. The molecular formula is C18H19NO4. The Labute approximate surface area is 135 Å². The van der Waals surface area contributed by atoms with E-state index in [1.807, 2.05) is 36.4 Å². The fourth-order valence-corrected chi connectivity index (χ4v) is 1.87. The lowest BCUT2D eigenvalue weighted by Crippen LogP contribution is -2.36. The standard InChI is InChI=1S/C18H19NO4/c1-14(18(21)19-12-15-8-4-2-5-9-15)23-17(20)13-22-16-10-6-3-7-11-16/h2-11,14H,12-13H2,1H3,(H,19,21)/t14-/m1/s1. The first-order chi connectivity index (χ1) is 11.1. The molecule has 5 nitrogen and oxygen atoms in total. The summed E-state index contributed by atoms with van der Waals surface area (Å²) in [5.74, 6) is -0.358. The lowest BCUT2D eigenvalue weighted by molar-refractivity contribution is -0.156. The Morgan fingerprint density at radius 3 is 2.26 bits per heavy atom. The summed E-state index contributed by atoms with van der Waals surface area (Å²) in [6, 6.07) is 18.5. The zero-order chi connectivity index (χ0) is 16.5. The SMILES string of the molecule is C[C@@H](OC(=O)COc1ccccc1)C(=O)NCc1ccccc1. The van der Waals surface area contributed by atoms with Gasteiger partial charge in [-0.05, 0) is 24.6 Å². The molecule has 0 unspecified atom stereocenters. The van der Waals surface area contributed by atoms with E-state index >= 15 is 0 Å². The quantitative estimate of drug-likeness (QED) is 0.797. The van der Waals surface area contributed by atoms with Crippen LogP contribution in [0.4, 0.5) is 0 Å². The fraction of sp³-hybridized carbons (Fsp3) is 0.222. The lowest BCUT2D eigenvalue weighted by atomic mass is 10.2. The maximum Gasteiger partial charge on any atom is 0.344 e. The van der Waals surface area contributed by atoms with Crippen molar-refractivity contribution in [2.24, 2.45) is 0 Å². The molecule has 0 radical (unpaired) electrons. The Bertz CT molecular complexity index is 628. The second kappa shape index (κ2) is 8.58. The van der Waals surface area contributed by atoms with Crippen molar-refractivity contribution in [3.05, 3.63) is 66.2 Å². The molecule has 0 spiro atoms. The van der Waals surface area contributed by atoms with Crippen molar-refractivity contribution in [2.75, 3.05) is 6.61 Å². The van der Waals surface area contributed by atoms with E-state index in [1.54, 1.807) is 24.3 Å². The number of benzene rings is 2. The third kappa shape index (κ3) is 5.82. The summed E-state index contributed by atoms with van der Waals surface area (Å²) in [7, 11) is 0. The van der Waals surface area contributed by atoms with Crippen molar-refractivity contribution < 1.29 is 19.1 Å². The maximum atomic E-state index is 11.9. The lowest BCUT2D eigenvalue weighted by Gasteiger charge is -2.14. The molecule has 0 fully saturated rings. The summed E-state index contributed by atoms with van der Waals surface area (Å²) in [4.78, 5) is 23.6. The van der Waals surface area contributed by atoms with Gasteiger partial charge >= 0.3 is 5.97 Å². The van der Waals surface area contributed by atoms with Crippen LogP contribution in [0.3, 0.4) is 0 Å². The van der Waals surface area contributed by atoms with Gasteiger partial charge in [0.25, 0.3) is 5.91 Å². The van der Waals surface area contributed by atoms with Crippen LogP contribution < -0.4 is 10.1 Å². The van der Waals surface area contributed by atoms with E-state index in [-0.39, 0.29) is 12.5 Å². The average Bonchev–Trinajstić information content (AvgIpc) is 2.59. The third-order valence-electron chi connectivity index (χ3n) is 3.09. The van der Waals surface area contributed by atoms with Crippen LogP contribution in [0.1, 0.15) is 12.5 Å². The molecule has 120 valence electrons. The Morgan fingerprint density at radius 2 is 1.61 bits per heavy atom. The number of nitrogens with one attached hydrogen (secondary N) is 1. The van der Waals surface area contributed by atoms with Crippen molar-refractivity contribution in [2.45, 2.75) is 19.6 Å². The average molecular weight is 313 g/mol. The summed E-state index contributed by atoms with van der Waals surface area (Å²) in [5.41, 5.74) is 0.979. The molecule has 1 atom stereocenters. The predicted octanol–water partition coefficient (Wildman–Crippen LogP) is 2.31. The first-order valence-corrected chi connectivity index (χ1v) is 7.34. The van der Waals surface area contributed by atoms with Gasteiger partial charge in [-0.1, -0.05) is 48.5 Å². The van der Waals surface area contributed by atoms with E-state index < -0.39 is 12.1 Å². The fourth-order valence-electron chi connectivity index (χ4n) is 1.87. The Morgan fingerprint density at radius 1 is 1.00 bits per heavy atom. The molecule has 0 aliphatic heterocycles. The highest BCUT2D eigenvalue weighted by Crippen LogP contribution is 2.08. The molecule has 0 saturated heterocycles. The van der Waals surface area contributed by atoms with Crippen molar-refractivity contribution >= 4 is 11.9 Å². The van der Waals surface area contributed by atoms with E-state index in [9.17, 15) is 9.59 Å². The number of rotatable bonds is 7. The van der Waals surface area contributed by atoms with Crippen LogP contribution in [0.5, 0.6) is 5.75 Å². The molecule has 0 heterocycles. The molecule has 0 aromatic heterocycles. The number of hydrogen-bond acceptors (Lipinski definition) is 4. The normalized spacial score (nSPS) is 11.3. The number of amides is 1. The zero-order valence-electron chi connectivity index (χ0n) is 12.9. The number of carbonyl (C=O) groups is 2.